The SMILES string of the molecule is FC(F)c1nc(CBr)cc(Cl)c1I. The summed E-state index contributed by atoms with van der Waals surface area (Å²) in [6, 6.07) is 1.57. The number of hydrogen-bond donors (Lipinski definition) is 0. The molecule has 0 aliphatic carbocycles. The highest BCUT2D eigenvalue weighted by atomic mass is 127. The van der Waals surface area contributed by atoms with E-state index in [1.54, 1.807) is 28.7 Å². The van der Waals surface area contributed by atoms with Crippen molar-refractivity contribution in [2.45, 2.75) is 11.8 Å². The number of rotatable bonds is 2. The first-order chi connectivity index (χ1) is 6.06. The van der Waals surface area contributed by atoms with Crippen LogP contribution in [-0.4, -0.2) is 4.98 Å². The summed E-state index contributed by atoms with van der Waals surface area (Å²) in [4.78, 5) is 3.76. The Bertz CT molecular complexity index is 322. The van der Waals surface area contributed by atoms with Gasteiger partial charge in [-0.25, -0.2) is 13.8 Å². The zero-order valence-corrected chi connectivity index (χ0v) is 10.7. The van der Waals surface area contributed by atoms with Gasteiger partial charge < -0.3 is 0 Å². The van der Waals surface area contributed by atoms with E-state index in [1.165, 1.54) is 0 Å². The summed E-state index contributed by atoms with van der Waals surface area (Å²) in [6.07, 6.45) is -2.58. The highest BCUT2D eigenvalue weighted by Gasteiger charge is 2.16. The van der Waals surface area contributed by atoms with Gasteiger partial charge in [-0.1, -0.05) is 27.5 Å². The second-order valence-corrected chi connectivity index (χ2v) is 4.28. The van der Waals surface area contributed by atoms with Gasteiger partial charge in [-0.2, -0.15) is 0 Å². The first-order valence-corrected chi connectivity index (χ1v) is 5.83. The van der Waals surface area contributed by atoms with Crippen molar-refractivity contribution in [2.24, 2.45) is 0 Å². The number of nitrogens with zero attached hydrogens (tertiary/aromatic N) is 1. The van der Waals surface area contributed by atoms with E-state index in [0.717, 1.165) is 0 Å². The molecule has 0 bridgehead atoms. The molecule has 0 radical (unpaired) electrons. The van der Waals surface area contributed by atoms with Crippen molar-refractivity contribution >= 4 is 50.1 Å². The monoisotopic (exact) mass is 381 g/mol. The maximum absolute atomic E-state index is 12.4. The minimum absolute atomic E-state index is 0.248. The Balaban J connectivity index is 3.25. The lowest BCUT2D eigenvalue weighted by Crippen LogP contribution is -1.98. The largest absolute Gasteiger partial charge is 0.281 e. The molecular weight excluding hydrogens is 378 g/mol. The minimum atomic E-state index is -2.58. The lowest BCUT2D eigenvalue weighted by molar-refractivity contribution is 0.145. The standard InChI is InChI=1S/C7H4BrClF2IN/c8-2-3-1-4(9)5(12)6(13-3)7(10)11/h1,7H,2H2. The third-order valence-corrected chi connectivity index (χ3v) is 3.66. The number of hydrogen-bond acceptors (Lipinski definition) is 1. The van der Waals surface area contributed by atoms with Crippen LogP contribution in [0.2, 0.25) is 5.02 Å². The summed E-state index contributed by atoms with van der Waals surface area (Å²) in [7, 11) is 0. The molecule has 0 aliphatic heterocycles. The molecule has 0 N–H and O–H groups in total. The van der Waals surface area contributed by atoms with Gasteiger partial charge >= 0.3 is 0 Å². The van der Waals surface area contributed by atoms with Crippen LogP contribution in [0.1, 0.15) is 17.8 Å². The van der Waals surface area contributed by atoms with Crippen LogP contribution < -0.4 is 0 Å². The van der Waals surface area contributed by atoms with Crippen molar-refractivity contribution in [3.63, 3.8) is 0 Å². The second kappa shape index (κ2) is 4.84. The molecule has 0 atom stereocenters. The third-order valence-electron chi connectivity index (χ3n) is 1.34. The van der Waals surface area contributed by atoms with Gasteiger partial charge in [-0.15, -0.1) is 0 Å². The molecular formula is C7H4BrClF2IN. The molecule has 1 aromatic heterocycles. The molecule has 0 amide bonds. The first kappa shape index (κ1) is 11.6. The Morgan fingerprint density at radius 2 is 2.23 bits per heavy atom. The maximum Gasteiger partial charge on any atom is 0.281 e. The number of halogens is 5. The van der Waals surface area contributed by atoms with Crippen molar-refractivity contribution in [3.8, 4) is 0 Å². The van der Waals surface area contributed by atoms with E-state index in [2.05, 4.69) is 20.9 Å². The molecule has 0 spiro atoms. The van der Waals surface area contributed by atoms with Gasteiger partial charge in [0.2, 0.25) is 0 Å². The van der Waals surface area contributed by atoms with Crippen molar-refractivity contribution in [1.82, 2.24) is 4.98 Å². The van der Waals surface area contributed by atoms with Crippen molar-refractivity contribution in [2.75, 3.05) is 0 Å². The lowest BCUT2D eigenvalue weighted by atomic mass is 10.3. The molecule has 1 heterocycles. The van der Waals surface area contributed by atoms with E-state index in [1.807, 2.05) is 0 Å². The van der Waals surface area contributed by atoms with E-state index < -0.39 is 6.43 Å². The van der Waals surface area contributed by atoms with Crippen LogP contribution >= 0.6 is 50.1 Å². The molecule has 0 fully saturated rings. The van der Waals surface area contributed by atoms with Crippen LogP contribution in [0.3, 0.4) is 0 Å². The minimum Gasteiger partial charge on any atom is -0.250 e. The fourth-order valence-electron chi connectivity index (χ4n) is 0.781. The highest BCUT2D eigenvalue weighted by Crippen LogP contribution is 2.29. The van der Waals surface area contributed by atoms with Gasteiger partial charge in [0.15, 0.2) is 0 Å². The van der Waals surface area contributed by atoms with Crippen LogP contribution in [0.5, 0.6) is 0 Å². The Labute approximate surface area is 101 Å². The van der Waals surface area contributed by atoms with Crippen molar-refractivity contribution < 1.29 is 8.78 Å². The molecule has 72 valence electrons. The van der Waals surface area contributed by atoms with Crippen LogP contribution in [0.25, 0.3) is 0 Å². The smallest absolute Gasteiger partial charge is 0.250 e. The Kier molecular flexibility index (Phi) is 4.31. The summed E-state index contributed by atoms with van der Waals surface area (Å²) in [6.45, 7) is 0. The Hall–Kier alpha value is 0.510. The molecule has 1 aromatic rings. The molecule has 0 unspecified atom stereocenters. The second-order valence-electron chi connectivity index (χ2n) is 2.23. The summed E-state index contributed by atoms with van der Waals surface area (Å²) in [5.41, 5.74) is 0.267. The molecule has 0 aliphatic rings. The number of aromatic nitrogens is 1. The van der Waals surface area contributed by atoms with E-state index in [-0.39, 0.29) is 5.69 Å². The van der Waals surface area contributed by atoms with Crippen LogP contribution in [0.4, 0.5) is 8.78 Å². The van der Waals surface area contributed by atoms with Gasteiger partial charge in [0.25, 0.3) is 6.43 Å². The predicted molar refractivity (Wildman–Crippen MR) is 59.6 cm³/mol. The topological polar surface area (TPSA) is 12.9 Å². The summed E-state index contributed by atoms with van der Waals surface area (Å²) in [5, 5.41) is 0.740. The van der Waals surface area contributed by atoms with Gasteiger partial charge in [0, 0.05) is 5.33 Å². The fraction of sp³-hybridized carbons (Fsp3) is 0.286. The maximum atomic E-state index is 12.4. The molecule has 6 heteroatoms. The molecule has 0 saturated heterocycles. The molecule has 0 saturated carbocycles. The average Bonchev–Trinajstić information content (AvgIpc) is 2.09. The number of pyridine rings is 1. The van der Waals surface area contributed by atoms with E-state index in [9.17, 15) is 8.78 Å². The van der Waals surface area contributed by atoms with Crippen LogP contribution in [-0.2, 0) is 5.33 Å². The average molecular weight is 382 g/mol. The molecule has 1 nitrogen and oxygen atoms in total. The van der Waals surface area contributed by atoms with Gasteiger partial charge in [-0.05, 0) is 28.7 Å². The lowest BCUT2D eigenvalue weighted by Gasteiger charge is -2.06. The molecule has 1 rings (SSSR count). The quantitative estimate of drug-likeness (QED) is 0.553. The zero-order chi connectivity index (χ0) is 10.0. The van der Waals surface area contributed by atoms with E-state index >= 15 is 0 Å². The summed E-state index contributed by atoms with van der Waals surface area (Å²) >= 11 is 10.6. The summed E-state index contributed by atoms with van der Waals surface area (Å²) < 4.78 is 25.1. The number of alkyl halides is 3. The van der Waals surface area contributed by atoms with Crippen molar-refractivity contribution in [3.05, 3.63) is 26.0 Å². The highest BCUT2D eigenvalue weighted by molar-refractivity contribution is 14.1. The van der Waals surface area contributed by atoms with Gasteiger partial charge in [-0.3, -0.25) is 0 Å². The Morgan fingerprint density at radius 1 is 1.62 bits per heavy atom. The van der Waals surface area contributed by atoms with Crippen LogP contribution in [0.15, 0.2) is 6.07 Å². The first-order valence-electron chi connectivity index (χ1n) is 3.25. The Morgan fingerprint density at radius 3 is 2.69 bits per heavy atom. The normalized spacial score (nSPS) is 10.9. The molecule has 13 heavy (non-hydrogen) atoms. The summed E-state index contributed by atoms with van der Waals surface area (Å²) in [5.74, 6) is 0. The fourth-order valence-corrected chi connectivity index (χ4v) is 1.80. The van der Waals surface area contributed by atoms with E-state index in [4.69, 9.17) is 11.6 Å². The van der Waals surface area contributed by atoms with Gasteiger partial charge in [0.1, 0.15) is 5.69 Å². The van der Waals surface area contributed by atoms with Gasteiger partial charge in [0.05, 0.1) is 14.3 Å². The van der Waals surface area contributed by atoms with Crippen molar-refractivity contribution in [1.29, 1.82) is 0 Å². The molecule has 0 aromatic carbocycles. The van der Waals surface area contributed by atoms with E-state index in [0.29, 0.717) is 19.6 Å². The zero-order valence-electron chi connectivity index (χ0n) is 6.20. The predicted octanol–water partition coefficient (Wildman–Crippen LogP) is 4.17. The third kappa shape index (κ3) is 2.73. The van der Waals surface area contributed by atoms with Crippen LogP contribution in [0, 0.1) is 3.57 Å².